The summed E-state index contributed by atoms with van der Waals surface area (Å²) < 4.78 is 5.49. The highest BCUT2D eigenvalue weighted by Gasteiger charge is 2.31. The maximum Gasteiger partial charge on any atom is 0.0509 e. The van der Waals surface area contributed by atoms with E-state index in [1.165, 1.54) is 32.5 Å². The van der Waals surface area contributed by atoms with Crippen LogP contribution in [0.15, 0.2) is 0 Å². The lowest BCUT2D eigenvalue weighted by molar-refractivity contribution is 0.102. The second kappa shape index (κ2) is 5.28. The SMILES string of the molecule is CCN(C1CCNC1)C(C)C1CCOC1. The van der Waals surface area contributed by atoms with E-state index in [2.05, 4.69) is 24.1 Å². The highest BCUT2D eigenvalue weighted by molar-refractivity contribution is 4.86. The van der Waals surface area contributed by atoms with Gasteiger partial charge in [-0.05, 0) is 38.8 Å². The first kappa shape index (κ1) is 11.4. The Labute approximate surface area is 93.2 Å². The number of ether oxygens (including phenoxy) is 1. The first-order valence-electron chi connectivity index (χ1n) is 6.37. The lowest BCUT2D eigenvalue weighted by Gasteiger charge is -2.36. The maximum atomic E-state index is 5.49. The highest BCUT2D eigenvalue weighted by atomic mass is 16.5. The Hall–Kier alpha value is -0.120. The molecule has 3 atom stereocenters. The van der Waals surface area contributed by atoms with Crippen molar-refractivity contribution >= 4 is 0 Å². The summed E-state index contributed by atoms with van der Waals surface area (Å²) in [5.74, 6) is 0.755. The Kier molecular flexibility index (Phi) is 4.00. The van der Waals surface area contributed by atoms with E-state index in [4.69, 9.17) is 4.74 Å². The van der Waals surface area contributed by atoms with Crippen LogP contribution < -0.4 is 5.32 Å². The van der Waals surface area contributed by atoms with Crippen LogP contribution in [0.1, 0.15) is 26.7 Å². The van der Waals surface area contributed by atoms with Crippen molar-refractivity contribution in [1.82, 2.24) is 10.2 Å². The number of likely N-dealkylation sites (N-methyl/N-ethyl adjacent to an activating group) is 1. The average Bonchev–Trinajstić information content (AvgIpc) is 2.91. The molecule has 0 aromatic rings. The van der Waals surface area contributed by atoms with E-state index >= 15 is 0 Å². The third kappa shape index (κ3) is 2.52. The molecule has 0 radical (unpaired) electrons. The van der Waals surface area contributed by atoms with Crippen molar-refractivity contribution in [2.75, 3.05) is 32.8 Å². The van der Waals surface area contributed by atoms with Gasteiger partial charge in [0.05, 0.1) is 6.61 Å². The third-order valence-corrected chi connectivity index (χ3v) is 4.04. The Morgan fingerprint density at radius 3 is 2.87 bits per heavy atom. The molecular weight excluding hydrogens is 188 g/mol. The zero-order valence-corrected chi connectivity index (χ0v) is 10.0. The van der Waals surface area contributed by atoms with Gasteiger partial charge in [-0.2, -0.15) is 0 Å². The van der Waals surface area contributed by atoms with E-state index in [0.717, 1.165) is 25.2 Å². The molecule has 0 spiro atoms. The predicted octanol–water partition coefficient (Wildman–Crippen LogP) is 1.10. The molecular formula is C12H24N2O. The third-order valence-electron chi connectivity index (χ3n) is 4.04. The molecule has 0 bridgehead atoms. The second-order valence-corrected chi connectivity index (χ2v) is 4.84. The van der Waals surface area contributed by atoms with Gasteiger partial charge >= 0.3 is 0 Å². The van der Waals surface area contributed by atoms with Gasteiger partial charge in [0.1, 0.15) is 0 Å². The van der Waals surface area contributed by atoms with Crippen LogP contribution in [0.2, 0.25) is 0 Å². The van der Waals surface area contributed by atoms with Crippen molar-refractivity contribution in [2.45, 2.75) is 38.8 Å². The summed E-state index contributed by atoms with van der Waals surface area (Å²) >= 11 is 0. The van der Waals surface area contributed by atoms with Gasteiger partial charge in [0.15, 0.2) is 0 Å². The topological polar surface area (TPSA) is 24.5 Å². The van der Waals surface area contributed by atoms with Gasteiger partial charge in [-0.15, -0.1) is 0 Å². The van der Waals surface area contributed by atoms with Crippen LogP contribution in [-0.2, 0) is 4.74 Å². The molecule has 2 aliphatic heterocycles. The van der Waals surface area contributed by atoms with Gasteiger partial charge in [-0.1, -0.05) is 6.92 Å². The molecule has 0 saturated carbocycles. The van der Waals surface area contributed by atoms with E-state index in [1.807, 2.05) is 0 Å². The van der Waals surface area contributed by atoms with E-state index in [0.29, 0.717) is 6.04 Å². The molecule has 2 rings (SSSR count). The monoisotopic (exact) mass is 212 g/mol. The summed E-state index contributed by atoms with van der Waals surface area (Å²) in [4.78, 5) is 2.67. The maximum absolute atomic E-state index is 5.49. The van der Waals surface area contributed by atoms with Crippen LogP contribution >= 0.6 is 0 Å². The van der Waals surface area contributed by atoms with Crippen molar-refractivity contribution in [3.05, 3.63) is 0 Å². The van der Waals surface area contributed by atoms with Crippen LogP contribution in [0.5, 0.6) is 0 Å². The number of rotatable bonds is 4. The van der Waals surface area contributed by atoms with Gasteiger partial charge < -0.3 is 10.1 Å². The summed E-state index contributed by atoms with van der Waals surface area (Å²) in [6.45, 7) is 10.1. The molecule has 2 aliphatic rings. The summed E-state index contributed by atoms with van der Waals surface area (Å²) in [5.41, 5.74) is 0. The minimum atomic E-state index is 0.683. The lowest BCUT2D eigenvalue weighted by Crippen LogP contribution is -2.46. The molecule has 2 heterocycles. The average molecular weight is 212 g/mol. The molecule has 15 heavy (non-hydrogen) atoms. The summed E-state index contributed by atoms with van der Waals surface area (Å²) in [5, 5.41) is 3.46. The van der Waals surface area contributed by atoms with Gasteiger partial charge in [-0.3, -0.25) is 4.90 Å². The molecule has 3 nitrogen and oxygen atoms in total. The lowest BCUT2D eigenvalue weighted by atomic mass is 9.97. The summed E-state index contributed by atoms with van der Waals surface area (Å²) in [6, 6.07) is 1.44. The molecule has 2 fully saturated rings. The fourth-order valence-electron chi connectivity index (χ4n) is 3.01. The Balaban J connectivity index is 1.91. The Morgan fingerprint density at radius 2 is 2.33 bits per heavy atom. The quantitative estimate of drug-likeness (QED) is 0.755. The molecule has 3 unspecified atom stereocenters. The molecule has 0 aromatic heterocycles. The van der Waals surface area contributed by atoms with E-state index < -0.39 is 0 Å². The van der Waals surface area contributed by atoms with Crippen LogP contribution in [0.25, 0.3) is 0 Å². The van der Waals surface area contributed by atoms with Gasteiger partial charge in [0.25, 0.3) is 0 Å². The van der Waals surface area contributed by atoms with Gasteiger partial charge in [0.2, 0.25) is 0 Å². The number of hydrogen-bond acceptors (Lipinski definition) is 3. The summed E-state index contributed by atoms with van der Waals surface area (Å²) in [7, 11) is 0. The van der Waals surface area contributed by atoms with E-state index in [1.54, 1.807) is 0 Å². The van der Waals surface area contributed by atoms with Crippen molar-refractivity contribution in [2.24, 2.45) is 5.92 Å². The smallest absolute Gasteiger partial charge is 0.0509 e. The normalized spacial score (nSPS) is 33.8. The zero-order valence-electron chi connectivity index (χ0n) is 10.0. The number of nitrogens with zero attached hydrogens (tertiary/aromatic N) is 1. The molecule has 1 N–H and O–H groups in total. The summed E-state index contributed by atoms with van der Waals surface area (Å²) in [6.07, 6.45) is 2.56. The number of nitrogens with one attached hydrogen (secondary N) is 1. The van der Waals surface area contributed by atoms with Crippen molar-refractivity contribution in [1.29, 1.82) is 0 Å². The fraction of sp³-hybridized carbons (Fsp3) is 1.00. The molecule has 0 aromatic carbocycles. The Morgan fingerprint density at radius 1 is 1.47 bits per heavy atom. The molecule has 3 heteroatoms. The first-order valence-corrected chi connectivity index (χ1v) is 6.37. The minimum absolute atomic E-state index is 0.683. The largest absolute Gasteiger partial charge is 0.381 e. The molecule has 0 aliphatic carbocycles. The van der Waals surface area contributed by atoms with E-state index in [-0.39, 0.29) is 0 Å². The van der Waals surface area contributed by atoms with Crippen LogP contribution in [0, 0.1) is 5.92 Å². The molecule has 0 amide bonds. The standard InChI is InChI=1S/C12H24N2O/c1-3-14(12-4-6-13-8-12)10(2)11-5-7-15-9-11/h10-13H,3-9H2,1-2H3. The molecule has 2 saturated heterocycles. The number of hydrogen-bond donors (Lipinski definition) is 1. The fourth-order valence-corrected chi connectivity index (χ4v) is 3.01. The second-order valence-electron chi connectivity index (χ2n) is 4.84. The minimum Gasteiger partial charge on any atom is -0.381 e. The van der Waals surface area contributed by atoms with Gasteiger partial charge in [-0.25, -0.2) is 0 Å². The van der Waals surface area contributed by atoms with Crippen molar-refractivity contribution < 1.29 is 4.74 Å². The van der Waals surface area contributed by atoms with Gasteiger partial charge in [0, 0.05) is 25.2 Å². The van der Waals surface area contributed by atoms with E-state index in [9.17, 15) is 0 Å². The first-order chi connectivity index (χ1) is 7.33. The molecule has 88 valence electrons. The van der Waals surface area contributed by atoms with Crippen LogP contribution in [0.4, 0.5) is 0 Å². The van der Waals surface area contributed by atoms with Crippen LogP contribution in [-0.4, -0.2) is 49.8 Å². The van der Waals surface area contributed by atoms with Crippen molar-refractivity contribution in [3.63, 3.8) is 0 Å². The van der Waals surface area contributed by atoms with Crippen LogP contribution in [0.3, 0.4) is 0 Å². The highest BCUT2D eigenvalue weighted by Crippen LogP contribution is 2.23. The zero-order chi connectivity index (χ0) is 10.7. The Bertz CT molecular complexity index is 186. The predicted molar refractivity (Wildman–Crippen MR) is 62.0 cm³/mol. The van der Waals surface area contributed by atoms with Crippen molar-refractivity contribution in [3.8, 4) is 0 Å².